The Labute approximate surface area is 39.2 Å². The molecule has 0 spiro atoms. The maximum atomic E-state index is 8.58. The van der Waals surface area contributed by atoms with Gasteiger partial charge in [0.2, 0.25) is 6.41 Å². The topological polar surface area (TPSA) is 124 Å². The van der Waals surface area contributed by atoms with Crippen molar-refractivity contribution in [3.05, 3.63) is 4.91 Å². The molecule has 0 aliphatic heterocycles. The van der Waals surface area contributed by atoms with Gasteiger partial charge in [0.1, 0.15) is 0 Å². The monoisotopic (exact) mass is 110 g/mol. The van der Waals surface area contributed by atoms with Crippen LogP contribution >= 0.6 is 0 Å². The summed E-state index contributed by atoms with van der Waals surface area (Å²) in [6.45, 7) is 0. The second-order valence-electron chi connectivity index (χ2n) is 0.218. The lowest BCUT2D eigenvalue weighted by atomic mass is 11.5. The van der Waals surface area contributed by atoms with Gasteiger partial charge < -0.3 is 16.4 Å². The molecule has 5 N–H and O–H groups in total. The van der Waals surface area contributed by atoms with E-state index in [1.54, 1.807) is 0 Å². The van der Waals surface area contributed by atoms with Crippen LogP contribution in [0, 0.1) is 4.91 Å². The molecule has 0 aromatic rings. The maximum absolute atomic E-state index is 8.58. The van der Waals surface area contributed by atoms with Crippen molar-refractivity contribution in [1.29, 1.82) is 0 Å². The highest BCUT2D eigenvalue weighted by Crippen LogP contribution is 1.25. The fraction of sp³-hybridized carbons (Fsp3) is 0. The fourth-order valence-corrected chi connectivity index (χ4v) is 0. The molecule has 0 radical (unpaired) electrons. The number of hydrogen-bond acceptors (Lipinski definition) is 3. The quantitative estimate of drug-likeness (QED) is 0.222. The number of carbonyl (C=O) groups excluding carboxylic acids is 1. The van der Waals surface area contributed by atoms with Crippen molar-refractivity contribution < 1.29 is 15.5 Å². The van der Waals surface area contributed by atoms with Crippen LogP contribution in [0.1, 0.15) is 0 Å². The fourth-order valence-electron chi connectivity index (χ4n) is 0. The van der Waals surface area contributed by atoms with Gasteiger partial charge in [-0.2, -0.15) is 0 Å². The lowest BCUT2D eigenvalue weighted by molar-refractivity contribution is -0.106. The van der Waals surface area contributed by atoms with Gasteiger partial charge in [0.15, 0.2) is 5.34 Å². The first-order valence-electron chi connectivity index (χ1n) is 0.952. The van der Waals surface area contributed by atoms with Crippen molar-refractivity contribution in [2.45, 2.75) is 0 Å². The van der Waals surface area contributed by atoms with E-state index in [-0.39, 0.29) is 11.9 Å². The molecule has 6 heteroatoms. The van der Waals surface area contributed by atoms with Crippen molar-refractivity contribution in [1.82, 2.24) is 0 Å². The lowest BCUT2D eigenvalue weighted by Crippen LogP contribution is -1.82. The van der Waals surface area contributed by atoms with Crippen molar-refractivity contribution in [3.8, 4) is 0 Å². The molecule has 0 aromatic carbocycles. The maximum Gasteiger partial charge on any atom is 0.204 e. The largest absolute Gasteiger partial charge is 0.412 e. The third-order valence-corrected chi connectivity index (χ3v) is 0. The molecule has 0 atom stereocenters. The number of hydrogen-bond donors (Lipinski definition) is 2. The molecule has 0 bridgehead atoms. The van der Waals surface area contributed by atoms with Gasteiger partial charge >= 0.3 is 0 Å². The molecular formula is CH6N2O4. The Morgan fingerprint density at radius 2 is 1.71 bits per heavy atom. The van der Waals surface area contributed by atoms with Gasteiger partial charge in [-0.1, -0.05) is 0 Å². The summed E-state index contributed by atoms with van der Waals surface area (Å²) in [7, 11) is 0. The summed E-state index contributed by atoms with van der Waals surface area (Å²) in [6.07, 6.45) is 0.250. The van der Waals surface area contributed by atoms with Crippen LogP contribution in [0.15, 0.2) is 5.34 Å². The molecule has 0 fully saturated rings. The molecule has 6 nitrogen and oxygen atoms in total. The van der Waals surface area contributed by atoms with Gasteiger partial charge in [-0.3, -0.25) is 4.79 Å². The SMILES string of the molecule is NC=O.O.O=NO. The summed E-state index contributed by atoms with van der Waals surface area (Å²) in [5.41, 5.74) is 4.17. The number of rotatable bonds is 0. The molecular weight excluding hydrogens is 104 g/mol. The number of nitrogens with zero attached hydrogens (tertiary/aromatic N) is 1. The van der Waals surface area contributed by atoms with E-state index in [1.807, 2.05) is 0 Å². The van der Waals surface area contributed by atoms with Gasteiger partial charge in [0.05, 0.1) is 0 Å². The van der Waals surface area contributed by atoms with E-state index in [4.69, 9.17) is 14.9 Å². The summed E-state index contributed by atoms with van der Waals surface area (Å²) in [6, 6.07) is 0. The Morgan fingerprint density at radius 1 is 1.71 bits per heavy atom. The number of amides is 1. The van der Waals surface area contributed by atoms with Crippen molar-refractivity contribution >= 4 is 6.41 Å². The molecule has 0 unspecified atom stereocenters. The normalized spacial score (nSPS) is 3.43. The average molecular weight is 110 g/mol. The van der Waals surface area contributed by atoms with Gasteiger partial charge in [-0.25, -0.2) is 0 Å². The zero-order valence-electron chi connectivity index (χ0n) is 3.37. The summed E-state index contributed by atoms with van der Waals surface area (Å²) in [5, 5.41) is 7.89. The highest BCUT2D eigenvalue weighted by molar-refractivity contribution is 5.42. The summed E-state index contributed by atoms with van der Waals surface area (Å²) >= 11 is 0. The van der Waals surface area contributed by atoms with Crippen molar-refractivity contribution in [2.75, 3.05) is 0 Å². The standard InChI is InChI=1S/CH3NO.HNO2.H2O/c2*2-1-3;/h1H,(H2,2,3);(H,2,3);1H2. The Balaban J connectivity index is -0.0000000400. The van der Waals surface area contributed by atoms with Crippen LogP contribution in [0.4, 0.5) is 0 Å². The average Bonchev–Trinajstić information content (AvgIpc) is 1.39. The minimum Gasteiger partial charge on any atom is -0.412 e. The molecule has 0 aliphatic rings. The van der Waals surface area contributed by atoms with Gasteiger partial charge in [-0.15, -0.1) is 4.91 Å². The predicted octanol–water partition coefficient (Wildman–Crippen LogP) is -1.58. The van der Waals surface area contributed by atoms with Crippen molar-refractivity contribution in [3.63, 3.8) is 0 Å². The third-order valence-electron chi connectivity index (χ3n) is 0. The van der Waals surface area contributed by atoms with E-state index < -0.39 is 0 Å². The first-order valence-corrected chi connectivity index (χ1v) is 0.952. The second kappa shape index (κ2) is 103. The van der Waals surface area contributed by atoms with Crippen LogP contribution in [0.25, 0.3) is 0 Å². The summed E-state index contributed by atoms with van der Waals surface area (Å²) in [4.78, 5) is 16.7. The molecule has 0 aliphatic carbocycles. The Bertz CT molecular complexity index is 30.7. The second-order valence-corrected chi connectivity index (χ2v) is 0.218. The number of carbonyl (C=O) groups is 1. The third kappa shape index (κ3) is 28.3. The van der Waals surface area contributed by atoms with Crippen LogP contribution < -0.4 is 5.73 Å². The molecule has 44 valence electrons. The molecule has 0 rings (SSSR count). The highest BCUT2D eigenvalue weighted by Gasteiger charge is 1.19. The van der Waals surface area contributed by atoms with E-state index in [2.05, 4.69) is 5.73 Å². The van der Waals surface area contributed by atoms with E-state index in [9.17, 15) is 0 Å². The molecule has 0 heterocycles. The summed E-state index contributed by atoms with van der Waals surface area (Å²) in [5.74, 6) is 0. The molecule has 0 saturated heterocycles. The Morgan fingerprint density at radius 3 is 1.71 bits per heavy atom. The Hall–Kier alpha value is -1.17. The van der Waals surface area contributed by atoms with Gasteiger partial charge in [-0.05, 0) is 0 Å². The van der Waals surface area contributed by atoms with Crippen LogP contribution in [0.3, 0.4) is 0 Å². The molecule has 1 amide bonds. The van der Waals surface area contributed by atoms with Crippen molar-refractivity contribution in [2.24, 2.45) is 11.1 Å². The molecule has 0 aromatic heterocycles. The van der Waals surface area contributed by atoms with E-state index in [0.717, 1.165) is 0 Å². The van der Waals surface area contributed by atoms with Crippen LogP contribution in [0.2, 0.25) is 0 Å². The number of nitrogens with two attached hydrogens (primary N) is 1. The van der Waals surface area contributed by atoms with E-state index in [1.165, 1.54) is 5.34 Å². The predicted molar refractivity (Wildman–Crippen MR) is 21.4 cm³/mol. The first-order chi connectivity index (χ1) is 2.83. The molecule has 7 heavy (non-hydrogen) atoms. The van der Waals surface area contributed by atoms with Crippen LogP contribution in [0.5, 0.6) is 0 Å². The molecule has 0 saturated carbocycles. The van der Waals surface area contributed by atoms with Gasteiger partial charge in [0.25, 0.3) is 0 Å². The van der Waals surface area contributed by atoms with Crippen LogP contribution in [-0.4, -0.2) is 17.1 Å². The smallest absolute Gasteiger partial charge is 0.204 e. The summed E-state index contributed by atoms with van der Waals surface area (Å²) < 4.78 is 0. The lowest BCUT2D eigenvalue weighted by Gasteiger charge is -1.32. The van der Waals surface area contributed by atoms with E-state index in [0.29, 0.717) is 0 Å². The zero-order valence-corrected chi connectivity index (χ0v) is 3.37. The zero-order chi connectivity index (χ0) is 5.41. The van der Waals surface area contributed by atoms with Crippen LogP contribution in [-0.2, 0) is 4.79 Å². The number of primary amides is 1. The van der Waals surface area contributed by atoms with Gasteiger partial charge in [0, 0.05) is 0 Å². The van der Waals surface area contributed by atoms with E-state index >= 15 is 0 Å². The first kappa shape index (κ1) is 17.0. The minimum absolute atomic E-state index is 0. The highest BCUT2D eigenvalue weighted by atomic mass is 16.6. The minimum atomic E-state index is 0. The Kier molecular flexibility index (Phi) is 250.